The number of amides is 1. The lowest BCUT2D eigenvalue weighted by molar-refractivity contribution is 0.0983. The van der Waals surface area contributed by atoms with E-state index < -0.39 is 0 Å². The summed E-state index contributed by atoms with van der Waals surface area (Å²) in [7, 11) is 0. The summed E-state index contributed by atoms with van der Waals surface area (Å²) in [4.78, 5) is 22.2. The summed E-state index contributed by atoms with van der Waals surface area (Å²) in [6.07, 6.45) is 4.42. The van der Waals surface area contributed by atoms with Crippen LogP contribution in [0.4, 0.5) is 16.6 Å². The van der Waals surface area contributed by atoms with E-state index >= 15 is 0 Å². The average molecular weight is 335 g/mol. The number of likely N-dealkylation sites (tertiary alicyclic amines) is 1. The molecule has 1 aliphatic rings. The van der Waals surface area contributed by atoms with Crippen LogP contribution in [0.3, 0.4) is 0 Å². The molecule has 7 nitrogen and oxygen atoms in total. The van der Waals surface area contributed by atoms with E-state index in [1.54, 1.807) is 11.1 Å². The van der Waals surface area contributed by atoms with Crippen LogP contribution in [0.5, 0.6) is 0 Å². The normalized spacial score (nSPS) is 15.4. The molecule has 0 radical (unpaired) electrons. The fraction of sp³-hybridized carbons (Fsp3) is 0.706. The van der Waals surface area contributed by atoms with Crippen molar-refractivity contribution in [2.75, 3.05) is 36.9 Å². The fourth-order valence-corrected chi connectivity index (χ4v) is 2.63. The zero-order valence-electron chi connectivity index (χ0n) is 14.9. The number of nitrogens with zero attached hydrogens (tertiary/aromatic N) is 3. The smallest absolute Gasteiger partial charge is 0.409 e. The highest BCUT2D eigenvalue weighted by Gasteiger charge is 2.23. The highest BCUT2D eigenvalue weighted by atomic mass is 16.6. The molecule has 24 heavy (non-hydrogen) atoms. The Morgan fingerprint density at radius 2 is 2.17 bits per heavy atom. The van der Waals surface area contributed by atoms with E-state index in [4.69, 9.17) is 4.74 Å². The van der Waals surface area contributed by atoms with Gasteiger partial charge in [0.2, 0.25) is 5.95 Å². The summed E-state index contributed by atoms with van der Waals surface area (Å²) in [5.74, 6) is 2.14. The lowest BCUT2D eigenvalue weighted by atomic mass is 10.1. The molecule has 0 atom stereocenters. The third-order valence-electron chi connectivity index (χ3n) is 4.03. The molecule has 0 saturated carbocycles. The highest BCUT2D eigenvalue weighted by Crippen LogP contribution is 2.16. The number of hydrogen-bond acceptors (Lipinski definition) is 6. The molecule has 0 aromatic carbocycles. The molecule has 1 saturated heterocycles. The van der Waals surface area contributed by atoms with Gasteiger partial charge in [-0.2, -0.15) is 4.98 Å². The predicted octanol–water partition coefficient (Wildman–Crippen LogP) is 2.97. The summed E-state index contributed by atoms with van der Waals surface area (Å²) in [6, 6.07) is 2.19. The van der Waals surface area contributed by atoms with Gasteiger partial charge in [0, 0.05) is 31.9 Å². The Balaban J connectivity index is 1.79. The van der Waals surface area contributed by atoms with Gasteiger partial charge in [-0.3, -0.25) is 0 Å². The zero-order valence-corrected chi connectivity index (χ0v) is 14.9. The lowest BCUT2D eigenvalue weighted by Gasteiger charge is -2.31. The summed E-state index contributed by atoms with van der Waals surface area (Å²) < 4.78 is 5.04. The Labute approximate surface area is 144 Å². The van der Waals surface area contributed by atoms with Crippen molar-refractivity contribution in [2.45, 2.75) is 46.1 Å². The standard InChI is InChI=1S/C17H29N5O2/c1-4-24-17(23)22-11-7-14(8-12-22)20-15-6-10-19-16(21-15)18-9-5-13(2)3/h6,10,13-14H,4-5,7-9,11-12H2,1-3H3,(H2,18,19,20,21). The Morgan fingerprint density at radius 3 is 2.83 bits per heavy atom. The van der Waals surface area contributed by atoms with E-state index in [-0.39, 0.29) is 6.09 Å². The lowest BCUT2D eigenvalue weighted by Crippen LogP contribution is -2.42. The van der Waals surface area contributed by atoms with Crippen molar-refractivity contribution in [1.29, 1.82) is 0 Å². The van der Waals surface area contributed by atoms with E-state index in [9.17, 15) is 4.79 Å². The number of hydrogen-bond donors (Lipinski definition) is 2. The molecule has 7 heteroatoms. The Kier molecular flexibility index (Phi) is 7.08. The Bertz CT molecular complexity index is 515. The first-order chi connectivity index (χ1) is 11.6. The molecule has 0 aliphatic carbocycles. The molecule has 1 aliphatic heterocycles. The van der Waals surface area contributed by atoms with Crippen molar-refractivity contribution >= 4 is 17.9 Å². The monoisotopic (exact) mass is 335 g/mol. The van der Waals surface area contributed by atoms with Gasteiger partial charge in [0.25, 0.3) is 0 Å². The van der Waals surface area contributed by atoms with Gasteiger partial charge in [-0.05, 0) is 38.2 Å². The minimum atomic E-state index is -0.213. The van der Waals surface area contributed by atoms with Crippen molar-refractivity contribution in [3.8, 4) is 0 Å². The highest BCUT2D eigenvalue weighted by molar-refractivity contribution is 5.67. The first-order valence-electron chi connectivity index (χ1n) is 8.83. The minimum Gasteiger partial charge on any atom is -0.450 e. The van der Waals surface area contributed by atoms with Crippen LogP contribution < -0.4 is 10.6 Å². The van der Waals surface area contributed by atoms with E-state index in [1.165, 1.54) is 0 Å². The van der Waals surface area contributed by atoms with Crippen LogP contribution in [0.1, 0.15) is 40.0 Å². The second-order valence-electron chi connectivity index (χ2n) is 6.48. The van der Waals surface area contributed by atoms with Gasteiger partial charge in [-0.15, -0.1) is 0 Å². The molecule has 2 N–H and O–H groups in total. The Morgan fingerprint density at radius 1 is 1.42 bits per heavy atom. The van der Waals surface area contributed by atoms with Crippen LogP contribution in [-0.4, -0.2) is 53.2 Å². The first kappa shape index (κ1) is 18.3. The summed E-state index contributed by atoms with van der Waals surface area (Å²) in [5.41, 5.74) is 0. The van der Waals surface area contributed by atoms with Crippen molar-refractivity contribution < 1.29 is 9.53 Å². The maximum atomic E-state index is 11.7. The van der Waals surface area contributed by atoms with Crippen molar-refractivity contribution in [3.63, 3.8) is 0 Å². The van der Waals surface area contributed by atoms with Crippen molar-refractivity contribution in [1.82, 2.24) is 14.9 Å². The van der Waals surface area contributed by atoms with Crippen LogP contribution in [0, 0.1) is 5.92 Å². The summed E-state index contributed by atoms with van der Waals surface area (Å²) in [6.45, 7) is 8.94. The van der Waals surface area contributed by atoms with Gasteiger partial charge < -0.3 is 20.3 Å². The molecule has 0 unspecified atom stereocenters. The average Bonchev–Trinajstić information content (AvgIpc) is 2.56. The molecule has 134 valence electrons. The number of rotatable bonds is 7. The number of anilines is 2. The zero-order chi connectivity index (χ0) is 17.4. The Hall–Kier alpha value is -2.05. The number of piperidine rings is 1. The quantitative estimate of drug-likeness (QED) is 0.797. The SMILES string of the molecule is CCOC(=O)N1CCC(Nc2ccnc(NCCC(C)C)n2)CC1. The molecular weight excluding hydrogens is 306 g/mol. The summed E-state index contributed by atoms with van der Waals surface area (Å²) in [5, 5.41) is 6.70. The van der Waals surface area contributed by atoms with E-state index in [0.717, 1.165) is 31.6 Å². The molecule has 2 heterocycles. The third-order valence-corrected chi connectivity index (χ3v) is 4.03. The molecule has 1 aromatic rings. The molecule has 0 bridgehead atoms. The van der Waals surface area contributed by atoms with Gasteiger partial charge >= 0.3 is 6.09 Å². The van der Waals surface area contributed by atoms with Crippen LogP contribution in [-0.2, 0) is 4.74 Å². The van der Waals surface area contributed by atoms with Gasteiger partial charge in [-0.1, -0.05) is 13.8 Å². The van der Waals surface area contributed by atoms with E-state index in [0.29, 0.717) is 37.6 Å². The number of ether oxygens (including phenoxy) is 1. The second-order valence-corrected chi connectivity index (χ2v) is 6.48. The topological polar surface area (TPSA) is 79.4 Å². The molecule has 1 fully saturated rings. The number of carbonyl (C=O) groups excluding carboxylic acids is 1. The third kappa shape index (κ3) is 5.86. The van der Waals surface area contributed by atoms with Crippen molar-refractivity contribution in [3.05, 3.63) is 12.3 Å². The number of aromatic nitrogens is 2. The molecular formula is C17H29N5O2. The summed E-state index contributed by atoms with van der Waals surface area (Å²) >= 11 is 0. The van der Waals surface area contributed by atoms with Crippen LogP contribution >= 0.6 is 0 Å². The van der Waals surface area contributed by atoms with Crippen LogP contribution in [0.25, 0.3) is 0 Å². The number of nitrogens with one attached hydrogen (secondary N) is 2. The van der Waals surface area contributed by atoms with Gasteiger partial charge in [0.05, 0.1) is 6.61 Å². The molecule has 0 spiro atoms. The maximum absolute atomic E-state index is 11.7. The molecule has 1 aromatic heterocycles. The van der Waals surface area contributed by atoms with Crippen LogP contribution in [0.2, 0.25) is 0 Å². The first-order valence-corrected chi connectivity index (χ1v) is 8.83. The maximum Gasteiger partial charge on any atom is 0.409 e. The second kappa shape index (κ2) is 9.30. The molecule has 2 rings (SSSR count). The minimum absolute atomic E-state index is 0.213. The molecule has 1 amide bonds. The van der Waals surface area contributed by atoms with Gasteiger partial charge in [0.15, 0.2) is 0 Å². The fourth-order valence-electron chi connectivity index (χ4n) is 2.63. The van der Waals surface area contributed by atoms with E-state index in [1.807, 2.05) is 13.0 Å². The van der Waals surface area contributed by atoms with Crippen LogP contribution in [0.15, 0.2) is 12.3 Å². The van der Waals surface area contributed by atoms with Gasteiger partial charge in [0.1, 0.15) is 5.82 Å². The largest absolute Gasteiger partial charge is 0.450 e. The number of carbonyl (C=O) groups is 1. The predicted molar refractivity (Wildman–Crippen MR) is 95.2 cm³/mol. The van der Waals surface area contributed by atoms with E-state index in [2.05, 4.69) is 34.4 Å². The van der Waals surface area contributed by atoms with Crippen molar-refractivity contribution in [2.24, 2.45) is 5.92 Å². The van der Waals surface area contributed by atoms with Gasteiger partial charge in [-0.25, -0.2) is 9.78 Å².